The Kier molecular flexibility index (Phi) is 2.50. The van der Waals surface area contributed by atoms with E-state index in [1.807, 2.05) is 31.2 Å². The van der Waals surface area contributed by atoms with Crippen LogP contribution in [-0.4, -0.2) is 11.5 Å². The van der Waals surface area contributed by atoms with Crippen molar-refractivity contribution < 1.29 is 9.90 Å². The van der Waals surface area contributed by atoms with Crippen molar-refractivity contribution in [1.29, 1.82) is 0 Å². The predicted octanol–water partition coefficient (Wildman–Crippen LogP) is 0.335. The van der Waals surface area contributed by atoms with E-state index in [1.165, 1.54) is 6.92 Å². The minimum Gasteiger partial charge on any atom is -0.548 e. The van der Waals surface area contributed by atoms with E-state index in [0.29, 0.717) is 0 Å². The van der Waals surface area contributed by atoms with Crippen molar-refractivity contribution >= 4 is 5.97 Å². The Labute approximate surface area is 99.4 Å². The van der Waals surface area contributed by atoms with Crippen LogP contribution in [0.4, 0.5) is 0 Å². The van der Waals surface area contributed by atoms with Crippen molar-refractivity contribution in [3.63, 3.8) is 0 Å². The summed E-state index contributed by atoms with van der Waals surface area (Å²) in [5.74, 6) is -1.25. The Hall–Kier alpha value is -1.75. The summed E-state index contributed by atoms with van der Waals surface area (Å²) in [6.45, 7) is 3.36. The smallest absolute Gasteiger partial charge is 0.213 e. The molecule has 0 spiro atoms. The molecule has 0 fully saturated rings. The quantitative estimate of drug-likeness (QED) is 0.811. The lowest BCUT2D eigenvalue weighted by molar-refractivity contribution is -0.312. The maximum atomic E-state index is 10.8. The number of aliphatic carboxylic acids is 1. The molecule has 0 bridgehead atoms. The van der Waals surface area contributed by atoms with Gasteiger partial charge < -0.3 is 15.6 Å². The van der Waals surface area contributed by atoms with E-state index in [-0.39, 0.29) is 6.42 Å². The predicted molar refractivity (Wildman–Crippen MR) is 60.0 cm³/mol. The Morgan fingerprint density at radius 1 is 1.41 bits per heavy atom. The normalized spacial score (nSPS) is 19.7. The molecular formula is C12H14N3O2-. The summed E-state index contributed by atoms with van der Waals surface area (Å²) in [6.07, 6.45) is 0.237. The summed E-state index contributed by atoms with van der Waals surface area (Å²) in [4.78, 5) is 10.8. The van der Waals surface area contributed by atoms with Crippen molar-refractivity contribution in [1.82, 2.24) is 0 Å². The highest BCUT2D eigenvalue weighted by Crippen LogP contribution is 2.38. The van der Waals surface area contributed by atoms with Crippen LogP contribution in [0.2, 0.25) is 0 Å². The zero-order valence-electron chi connectivity index (χ0n) is 9.80. The molecule has 0 saturated heterocycles. The highest BCUT2D eigenvalue weighted by Gasteiger charge is 2.35. The number of carboxylic acids is 1. The first-order valence-electron chi connectivity index (χ1n) is 5.37. The highest BCUT2D eigenvalue weighted by atomic mass is 16.4. The summed E-state index contributed by atoms with van der Waals surface area (Å²) >= 11 is 0. The van der Waals surface area contributed by atoms with Gasteiger partial charge in [-0.2, -0.15) is 10.2 Å². The molecule has 2 N–H and O–H groups in total. The third-order valence-electron chi connectivity index (χ3n) is 2.94. The van der Waals surface area contributed by atoms with Gasteiger partial charge in [-0.15, -0.1) is 0 Å². The fraction of sp³-hybridized carbons (Fsp3) is 0.417. The summed E-state index contributed by atoms with van der Waals surface area (Å²) in [7, 11) is 0. The van der Waals surface area contributed by atoms with E-state index in [0.717, 1.165) is 11.1 Å². The van der Waals surface area contributed by atoms with Crippen LogP contribution in [0.3, 0.4) is 0 Å². The van der Waals surface area contributed by atoms with Crippen molar-refractivity contribution in [2.45, 2.75) is 31.5 Å². The third kappa shape index (κ3) is 2.34. The highest BCUT2D eigenvalue weighted by molar-refractivity contribution is 5.76. The second-order valence-electron chi connectivity index (χ2n) is 4.80. The number of nitrogens with two attached hydrogens (primary N) is 1. The second kappa shape index (κ2) is 3.63. The van der Waals surface area contributed by atoms with Crippen LogP contribution < -0.4 is 10.8 Å². The minimum absolute atomic E-state index is 0.237. The van der Waals surface area contributed by atoms with Gasteiger partial charge in [0.15, 0.2) is 0 Å². The molecule has 90 valence electrons. The largest absolute Gasteiger partial charge is 0.548 e. The first-order valence-corrected chi connectivity index (χ1v) is 5.37. The molecule has 1 aromatic rings. The van der Waals surface area contributed by atoms with Crippen LogP contribution in [0, 0.1) is 0 Å². The lowest BCUT2D eigenvalue weighted by Gasteiger charge is -2.25. The summed E-state index contributed by atoms with van der Waals surface area (Å²) < 4.78 is 0. The lowest BCUT2D eigenvalue weighted by atomic mass is 9.93. The van der Waals surface area contributed by atoms with Crippen LogP contribution in [0.1, 0.15) is 25.0 Å². The third-order valence-corrected chi connectivity index (χ3v) is 2.94. The molecule has 1 aliphatic heterocycles. The Morgan fingerprint density at radius 2 is 1.94 bits per heavy atom. The fourth-order valence-corrected chi connectivity index (χ4v) is 1.63. The van der Waals surface area contributed by atoms with Gasteiger partial charge in [0.05, 0.1) is 11.5 Å². The van der Waals surface area contributed by atoms with Crippen LogP contribution >= 0.6 is 0 Å². The molecule has 0 aliphatic carbocycles. The maximum absolute atomic E-state index is 10.8. The maximum Gasteiger partial charge on any atom is 0.213 e. The van der Waals surface area contributed by atoms with Gasteiger partial charge in [-0.25, -0.2) is 0 Å². The molecule has 5 heteroatoms. The van der Waals surface area contributed by atoms with E-state index in [2.05, 4.69) is 10.2 Å². The van der Waals surface area contributed by atoms with Gasteiger partial charge in [-0.1, -0.05) is 24.3 Å². The van der Waals surface area contributed by atoms with Gasteiger partial charge in [0.2, 0.25) is 5.66 Å². The summed E-state index contributed by atoms with van der Waals surface area (Å²) in [5, 5.41) is 18.7. The SMILES string of the molecule is CC1(c2ccc(C[C@](C)(N)C(=O)[O-])cc2)N=N1. The van der Waals surface area contributed by atoms with Crippen molar-refractivity contribution in [2.75, 3.05) is 0 Å². The van der Waals surface area contributed by atoms with Crippen LogP contribution in [0.15, 0.2) is 34.5 Å². The average molecular weight is 232 g/mol. The monoisotopic (exact) mass is 232 g/mol. The molecule has 0 radical (unpaired) electrons. The lowest BCUT2D eigenvalue weighted by Crippen LogP contribution is -2.54. The number of benzene rings is 1. The fourth-order valence-electron chi connectivity index (χ4n) is 1.63. The number of rotatable bonds is 4. The standard InChI is InChI=1S/C12H15N3O2/c1-11(13,10(16)17)7-8-3-5-9(6-4-8)12(2)14-15-12/h3-6H,7,13H2,1-2H3,(H,16,17)/p-1/t11-/m0/s1. The zero-order valence-corrected chi connectivity index (χ0v) is 9.80. The Morgan fingerprint density at radius 3 is 2.35 bits per heavy atom. The molecule has 5 nitrogen and oxygen atoms in total. The molecule has 1 aliphatic rings. The van der Waals surface area contributed by atoms with Gasteiger partial charge in [-0.3, -0.25) is 0 Å². The van der Waals surface area contributed by atoms with Crippen LogP contribution in [0.25, 0.3) is 0 Å². The molecule has 0 aromatic heterocycles. The number of carbonyl (C=O) groups excluding carboxylic acids is 1. The first kappa shape index (κ1) is 11.7. The van der Waals surface area contributed by atoms with E-state index in [4.69, 9.17) is 5.73 Å². The van der Waals surface area contributed by atoms with Crippen LogP contribution in [-0.2, 0) is 16.9 Å². The van der Waals surface area contributed by atoms with Gasteiger partial charge in [0, 0.05) is 5.56 Å². The van der Waals surface area contributed by atoms with Crippen molar-refractivity contribution in [3.05, 3.63) is 35.4 Å². The number of nitrogens with zero attached hydrogens (tertiary/aromatic N) is 2. The van der Waals surface area contributed by atoms with Crippen molar-refractivity contribution in [3.8, 4) is 0 Å². The van der Waals surface area contributed by atoms with E-state index < -0.39 is 17.2 Å². The first-order chi connectivity index (χ1) is 7.83. The topological polar surface area (TPSA) is 90.9 Å². The van der Waals surface area contributed by atoms with E-state index in [1.54, 1.807) is 0 Å². The average Bonchev–Trinajstić information content (AvgIpc) is 2.98. The van der Waals surface area contributed by atoms with Gasteiger partial charge >= 0.3 is 0 Å². The molecule has 2 rings (SSSR count). The summed E-state index contributed by atoms with van der Waals surface area (Å²) in [6, 6.07) is 7.47. The molecule has 1 aromatic carbocycles. The van der Waals surface area contributed by atoms with Gasteiger partial charge in [0.1, 0.15) is 0 Å². The second-order valence-corrected chi connectivity index (χ2v) is 4.80. The van der Waals surface area contributed by atoms with Crippen LogP contribution in [0.5, 0.6) is 0 Å². The zero-order chi connectivity index (χ0) is 12.7. The molecular weight excluding hydrogens is 218 g/mol. The number of hydrogen-bond donors (Lipinski definition) is 1. The van der Waals surface area contributed by atoms with Gasteiger partial charge in [-0.05, 0) is 25.8 Å². The molecule has 1 atom stereocenters. The van der Waals surface area contributed by atoms with Gasteiger partial charge in [0.25, 0.3) is 0 Å². The molecule has 0 unspecified atom stereocenters. The van der Waals surface area contributed by atoms with E-state index >= 15 is 0 Å². The minimum atomic E-state index is -1.35. The molecule has 0 saturated carbocycles. The summed E-state index contributed by atoms with van der Waals surface area (Å²) in [5.41, 5.74) is 5.73. The molecule has 1 heterocycles. The molecule has 0 amide bonds. The number of carbonyl (C=O) groups is 1. The number of hydrogen-bond acceptors (Lipinski definition) is 5. The number of carboxylic acid groups (broad SMARTS) is 1. The van der Waals surface area contributed by atoms with E-state index in [9.17, 15) is 9.90 Å². The Balaban J connectivity index is 2.11. The Bertz CT molecular complexity index is 471. The van der Waals surface area contributed by atoms with Crippen molar-refractivity contribution in [2.24, 2.45) is 16.0 Å². The molecule has 17 heavy (non-hydrogen) atoms.